The number of hydrogen-bond acceptors (Lipinski definition) is 4. The summed E-state index contributed by atoms with van der Waals surface area (Å²) in [5.74, 6) is -0.285. The molecule has 1 aromatic heterocycles. The first kappa shape index (κ1) is 16.7. The molecule has 1 aliphatic rings. The molecule has 1 aliphatic heterocycles. The van der Waals surface area contributed by atoms with Gasteiger partial charge in [-0.15, -0.1) is 0 Å². The third-order valence-corrected chi connectivity index (χ3v) is 5.02. The molecule has 2 heterocycles. The van der Waals surface area contributed by atoms with Crippen LogP contribution in [0, 0.1) is 0 Å². The highest BCUT2D eigenvalue weighted by Gasteiger charge is 2.28. The number of nitrogens with zero attached hydrogens (tertiary/aromatic N) is 2. The van der Waals surface area contributed by atoms with E-state index in [9.17, 15) is 9.59 Å². The van der Waals surface area contributed by atoms with Crippen LogP contribution in [0.3, 0.4) is 0 Å². The number of rotatable bonds is 4. The van der Waals surface area contributed by atoms with Crippen molar-refractivity contribution in [3.63, 3.8) is 0 Å². The monoisotopic (exact) mass is 343 g/mol. The minimum absolute atomic E-state index is 0.0634. The van der Waals surface area contributed by atoms with Crippen molar-refractivity contribution in [1.82, 2.24) is 9.80 Å². The molecule has 126 valence electrons. The van der Waals surface area contributed by atoms with Crippen LogP contribution < -0.4 is 5.73 Å². The van der Waals surface area contributed by atoms with Crippen molar-refractivity contribution in [2.24, 2.45) is 5.73 Å². The Morgan fingerprint density at radius 3 is 2.50 bits per heavy atom. The molecule has 0 bridgehead atoms. The van der Waals surface area contributed by atoms with Crippen LogP contribution in [0.25, 0.3) is 0 Å². The molecule has 1 atom stereocenters. The van der Waals surface area contributed by atoms with Crippen LogP contribution in [0.1, 0.15) is 28.4 Å². The maximum atomic E-state index is 12.5. The lowest BCUT2D eigenvalue weighted by atomic mass is 10.0. The largest absolute Gasteiger partial charge is 0.368 e. The first-order valence-electron chi connectivity index (χ1n) is 8.06. The molecule has 2 aromatic rings. The van der Waals surface area contributed by atoms with Gasteiger partial charge in [0.15, 0.2) is 0 Å². The lowest BCUT2D eigenvalue weighted by molar-refractivity contribution is -0.123. The number of carbonyl (C=O) groups is 2. The van der Waals surface area contributed by atoms with Crippen molar-refractivity contribution in [3.8, 4) is 0 Å². The number of amides is 2. The number of benzene rings is 1. The first-order valence-corrected chi connectivity index (χ1v) is 9.01. The molecule has 0 aliphatic carbocycles. The summed E-state index contributed by atoms with van der Waals surface area (Å²) in [6, 6.07) is 11.0. The van der Waals surface area contributed by atoms with E-state index >= 15 is 0 Å². The maximum Gasteiger partial charge on any atom is 0.254 e. The zero-order valence-corrected chi connectivity index (χ0v) is 14.2. The van der Waals surface area contributed by atoms with Crippen molar-refractivity contribution in [2.45, 2.75) is 12.5 Å². The van der Waals surface area contributed by atoms with E-state index in [1.807, 2.05) is 52.1 Å². The van der Waals surface area contributed by atoms with E-state index in [0.717, 1.165) is 24.1 Å². The molecule has 0 unspecified atom stereocenters. The average molecular weight is 343 g/mol. The lowest BCUT2D eigenvalue weighted by Gasteiger charge is -2.28. The second-order valence-corrected chi connectivity index (χ2v) is 6.69. The van der Waals surface area contributed by atoms with Crippen LogP contribution in [-0.4, -0.2) is 47.8 Å². The van der Waals surface area contributed by atoms with E-state index in [0.29, 0.717) is 19.6 Å². The van der Waals surface area contributed by atoms with Gasteiger partial charge in [0.2, 0.25) is 5.91 Å². The van der Waals surface area contributed by atoms with Gasteiger partial charge in [-0.05, 0) is 23.4 Å². The number of thiophene rings is 1. The molecule has 0 spiro atoms. The van der Waals surface area contributed by atoms with Gasteiger partial charge in [0.1, 0.15) is 6.04 Å². The lowest BCUT2D eigenvalue weighted by Crippen LogP contribution is -2.40. The summed E-state index contributed by atoms with van der Waals surface area (Å²) < 4.78 is 0. The molecule has 24 heavy (non-hydrogen) atoms. The van der Waals surface area contributed by atoms with Gasteiger partial charge in [0.05, 0.1) is 5.56 Å². The Morgan fingerprint density at radius 1 is 1.04 bits per heavy atom. The summed E-state index contributed by atoms with van der Waals surface area (Å²) in [4.78, 5) is 28.5. The van der Waals surface area contributed by atoms with E-state index < -0.39 is 6.04 Å². The number of hydrogen-bond donors (Lipinski definition) is 1. The smallest absolute Gasteiger partial charge is 0.254 e. The van der Waals surface area contributed by atoms with Crippen molar-refractivity contribution >= 4 is 23.2 Å². The van der Waals surface area contributed by atoms with Gasteiger partial charge < -0.3 is 10.6 Å². The summed E-state index contributed by atoms with van der Waals surface area (Å²) in [6.07, 6.45) is 0.826. The van der Waals surface area contributed by atoms with Gasteiger partial charge in [0.25, 0.3) is 5.91 Å². The first-order chi connectivity index (χ1) is 11.7. The van der Waals surface area contributed by atoms with Crippen molar-refractivity contribution < 1.29 is 9.59 Å². The Kier molecular flexibility index (Phi) is 5.27. The Hall–Kier alpha value is -2.18. The Bertz CT molecular complexity index is 688. The van der Waals surface area contributed by atoms with Crippen LogP contribution in [-0.2, 0) is 4.79 Å². The summed E-state index contributed by atoms with van der Waals surface area (Å²) in [5, 5.41) is 3.79. The molecule has 1 aromatic carbocycles. The van der Waals surface area contributed by atoms with Gasteiger partial charge in [-0.1, -0.05) is 30.3 Å². The summed E-state index contributed by atoms with van der Waals surface area (Å²) in [6.45, 7) is 2.69. The predicted octanol–water partition coefficient (Wildman–Crippen LogP) is 2.12. The Labute approximate surface area is 145 Å². The van der Waals surface area contributed by atoms with Crippen LogP contribution in [0.4, 0.5) is 0 Å². The van der Waals surface area contributed by atoms with E-state index in [-0.39, 0.29) is 11.8 Å². The van der Waals surface area contributed by atoms with E-state index in [2.05, 4.69) is 4.90 Å². The molecule has 0 radical (unpaired) electrons. The average Bonchev–Trinajstić information content (AvgIpc) is 3.02. The third-order valence-electron chi connectivity index (χ3n) is 4.34. The highest BCUT2D eigenvalue weighted by molar-refractivity contribution is 7.08. The molecule has 2 N–H and O–H groups in total. The Balaban J connectivity index is 1.72. The fraction of sp³-hybridized carbons (Fsp3) is 0.333. The molecular formula is C18H21N3O2S. The molecule has 2 amide bonds. The summed E-state index contributed by atoms with van der Waals surface area (Å²) >= 11 is 1.52. The topological polar surface area (TPSA) is 66.6 Å². The molecule has 6 heteroatoms. The van der Waals surface area contributed by atoms with Crippen LogP contribution in [0.2, 0.25) is 0 Å². The normalized spacial score (nSPS) is 17.2. The molecule has 0 saturated carbocycles. The van der Waals surface area contributed by atoms with Gasteiger partial charge in [-0.3, -0.25) is 14.5 Å². The van der Waals surface area contributed by atoms with E-state index in [1.54, 1.807) is 0 Å². The zero-order chi connectivity index (χ0) is 16.9. The predicted molar refractivity (Wildman–Crippen MR) is 94.8 cm³/mol. The summed E-state index contributed by atoms with van der Waals surface area (Å²) in [5.41, 5.74) is 7.31. The highest BCUT2D eigenvalue weighted by Crippen LogP contribution is 2.22. The fourth-order valence-electron chi connectivity index (χ4n) is 3.16. The van der Waals surface area contributed by atoms with Crippen LogP contribution in [0.5, 0.6) is 0 Å². The fourth-order valence-corrected chi connectivity index (χ4v) is 3.79. The number of nitrogens with two attached hydrogens (primary N) is 1. The van der Waals surface area contributed by atoms with Crippen molar-refractivity contribution in [3.05, 3.63) is 58.3 Å². The minimum atomic E-state index is -0.442. The molecule has 1 fully saturated rings. The maximum absolute atomic E-state index is 12.5. The molecular weight excluding hydrogens is 322 g/mol. The zero-order valence-electron chi connectivity index (χ0n) is 13.4. The van der Waals surface area contributed by atoms with Crippen molar-refractivity contribution in [1.29, 1.82) is 0 Å². The van der Waals surface area contributed by atoms with Gasteiger partial charge >= 0.3 is 0 Å². The van der Waals surface area contributed by atoms with E-state index in [1.165, 1.54) is 11.3 Å². The third kappa shape index (κ3) is 3.66. The van der Waals surface area contributed by atoms with Gasteiger partial charge in [0, 0.05) is 31.6 Å². The molecule has 1 saturated heterocycles. The van der Waals surface area contributed by atoms with Crippen LogP contribution >= 0.6 is 11.3 Å². The van der Waals surface area contributed by atoms with Crippen molar-refractivity contribution in [2.75, 3.05) is 26.2 Å². The molecule has 3 rings (SSSR count). The number of primary amides is 1. The van der Waals surface area contributed by atoms with E-state index in [4.69, 9.17) is 5.73 Å². The Morgan fingerprint density at radius 2 is 1.83 bits per heavy atom. The second kappa shape index (κ2) is 7.59. The van der Waals surface area contributed by atoms with Gasteiger partial charge in [-0.2, -0.15) is 11.3 Å². The number of carbonyl (C=O) groups excluding carboxylic acids is 2. The molecule has 5 nitrogen and oxygen atoms in total. The highest BCUT2D eigenvalue weighted by atomic mass is 32.1. The SMILES string of the molecule is NC(=O)[C@@H](c1ccccc1)N1CCCN(C(=O)c2ccsc2)CC1. The van der Waals surface area contributed by atoms with Gasteiger partial charge in [-0.25, -0.2) is 0 Å². The standard InChI is InChI=1S/C18H21N3O2S/c19-17(22)16(14-5-2-1-3-6-14)20-8-4-9-21(11-10-20)18(23)15-7-12-24-13-15/h1-3,5-7,12-13,16H,4,8-11H2,(H2,19,22)/t16-/m1/s1. The minimum Gasteiger partial charge on any atom is -0.368 e. The summed E-state index contributed by atoms with van der Waals surface area (Å²) in [7, 11) is 0. The quantitative estimate of drug-likeness (QED) is 0.925. The second-order valence-electron chi connectivity index (χ2n) is 5.91. The van der Waals surface area contributed by atoms with Crippen LogP contribution in [0.15, 0.2) is 47.2 Å².